The third-order valence-corrected chi connectivity index (χ3v) is 1.73. The predicted octanol–water partition coefficient (Wildman–Crippen LogP) is 0.336. The minimum Gasteiger partial charge on any atom is -0.358 e. The first-order valence-corrected chi connectivity index (χ1v) is 4.39. The molecule has 6 nitrogen and oxygen atoms in total. The maximum Gasteiger partial charge on any atom is 0.245 e. The lowest BCUT2D eigenvalue weighted by Crippen LogP contribution is -2.26. The van der Waals surface area contributed by atoms with Crippen LogP contribution < -0.4 is 10.6 Å². The lowest BCUT2D eigenvalue weighted by atomic mass is 10.5. The van der Waals surface area contributed by atoms with Gasteiger partial charge in [0.2, 0.25) is 11.2 Å². The van der Waals surface area contributed by atoms with Crippen LogP contribution in [0.1, 0.15) is 0 Å². The summed E-state index contributed by atoms with van der Waals surface area (Å²) in [5, 5.41) is 12.1. The van der Waals surface area contributed by atoms with Crippen LogP contribution in [0.25, 0.3) is 0 Å². The standard InChI is InChI=1S/C6H7Cl2N5O/c1-9-3(14)2-10-5-4(7)12-13-6(8)11-5/h2H2,1H3,(H,9,14)(H,10,11,13). The summed E-state index contributed by atoms with van der Waals surface area (Å²) in [6, 6.07) is 0. The maximum absolute atomic E-state index is 10.9. The molecule has 1 heterocycles. The van der Waals surface area contributed by atoms with Crippen molar-refractivity contribution in [3.63, 3.8) is 0 Å². The van der Waals surface area contributed by atoms with Crippen LogP contribution in [0, 0.1) is 0 Å². The molecule has 1 aromatic rings. The minimum absolute atomic E-state index is 0.0335. The van der Waals surface area contributed by atoms with Crippen LogP contribution in [0.2, 0.25) is 10.4 Å². The molecule has 0 aliphatic heterocycles. The van der Waals surface area contributed by atoms with Gasteiger partial charge in [0.25, 0.3) is 0 Å². The fourth-order valence-corrected chi connectivity index (χ4v) is 0.927. The van der Waals surface area contributed by atoms with Crippen molar-refractivity contribution in [2.75, 3.05) is 18.9 Å². The smallest absolute Gasteiger partial charge is 0.245 e. The van der Waals surface area contributed by atoms with Gasteiger partial charge >= 0.3 is 0 Å². The fraction of sp³-hybridized carbons (Fsp3) is 0.333. The number of nitrogens with zero attached hydrogens (tertiary/aromatic N) is 3. The van der Waals surface area contributed by atoms with Gasteiger partial charge in [-0.15, -0.1) is 10.2 Å². The summed E-state index contributed by atoms with van der Waals surface area (Å²) >= 11 is 11.1. The normalized spacial score (nSPS) is 9.64. The number of amides is 1. The van der Waals surface area contributed by atoms with Gasteiger partial charge in [0.05, 0.1) is 6.54 Å². The number of rotatable bonds is 3. The summed E-state index contributed by atoms with van der Waals surface area (Å²) < 4.78 is 0. The van der Waals surface area contributed by atoms with Crippen molar-refractivity contribution in [1.29, 1.82) is 0 Å². The number of aromatic nitrogens is 3. The van der Waals surface area contributed by atoms with Crippen molar-refractivity contribution in [1.82, 2.24) is 20.5 Å². The number of hydrogen-bond donors (Lipinski definition) is 2. The molecule has 0 aliphatic rings. The average Bonchev–Trinajstić information content (AvgIpc) is 2.19. The molecular weight excluding hydrogens is 229 g/mol. The molecule has 0 fully saturated rings. The van der Waals surface area contributed by atoms with Gasteiger partial charge in [0, 0.05) is 7.05 Å². The second-order valence-corrected chi connectivity index (χ2v) is 2.94. The summed E-state index contributed by atoms with van der Waals surface area (Å²) in [4.78, 5) is 14.6. The monoisotopic (exact) mass is 235 g/mol. The molecule has 0 aliphatic carbocycles. The van der Waals surface area contributed by atoms with E-state index in [1.54, 1.807) is 0 Å². The van der Waals surface area contributed by atoms with Gasteiger partial charge in [-0.3, -0.25) is 4.79 Å². The van der Waals surface area contributed by atoms with E-state index in [4.69, 9.17) is 23.2 Å². The Morgan fingerprint density at radius 3 is 2.79 bits per heavy atom. The largest absolute Gasteiger partial charge is 0.358 e. The Balaban J connectivity index is 2.66. The van der Waals surface area contributed by atoms with Crippen LogP contribution in [0.5, 0.6) is 0 Å². The van der Waals surface area contributed by atoms with E-state index < -0.39 is 0 Å². The van der Waals surface area contributed by atoms with Gasteiger partial charge in [0.1, 0.15) is 0 Å². The third kappa shape index (κ3) is 2.97. The number of carbonyl (C=O) groups excluding carboxylic acids is 1. The highest BCUT2D eigenvalue weighted by molar-refractivity contribution is 6.32. The molecule has 0 saturated heterocycles. The van der Waals surface area contributed by atoms with E-state index in [0.717, 1.165) is 0 Å². The van der Waals surface area contributed by atoms with Crippen molar-refractivity contribution in [2.45, 2.75) is 0 Å². The summed E-state index contributed by atoms with van der Waals surface area (Å²) in [6.07, 6.45) is 0. The molecule has 76 valence electrons. The van der Waals surface area contributed by atoms with Gasteiger partial charge in [-0.2, -0.15) is 4.98 Å². The summed E-state index contributed by atoms with van der Waals surface area (Å²) in [5.74, 6) is 0.0334. The number of likely N-dealkylation sites (N-methyl/N-ethyl adjacent to an activating group) is 1. The van der Waals surface area contributed by atoms with Gasteiger partial charge < -0.3 is 10.6 Å². The molecule has 0 atom stereocenters. The maximum atomic E-state index is 10.9. The SMILES string of the molecule is CNC(=O)CNc1nc(Cl)nnc1Cl. The molecule has 1 amide bonds. The molecule has 0 aromatic carbocycles. The zero-order chi connectivity index (χ0) is 10.6. The van der Waals surface area contributed by atoms with Crippen LogP contribution in [0.3, 0.4) is 0 Å². The molecule has 2 N–H and O–H groups in total. The van der Waals surface area contributed by atoms with Gasteiger partial charge in [-0.05, 0) is 11.6 Å². The first kappa shape index (κ1) is 10.9. The lowest BCUT2D eigenvalue weighted by Gasteiger charge is -2.04. The van der Waals surface area contributed by atoms with Crippen molar-refractivity contribution in [2.24, 2.45) is 0 Å². The van der Waals surface area contributed by atoms with Gasteiger partial charge in [0.15, 0.2) is 11.0 Å². The summed E-state index contributed by atoms with van der Waals surface area (Å²) in [6.45, 7) is 0.0469. The number of anilines is 1. The van der Waals surface area contributed by atoms with Crippen LogP contribution in [-0.2, 0) is 4.79 Å². The highest BCUT2D eigenvalue weighted by Gasteiger charge is 2.06. The van der Waals surface area contributed by atoms with Gasteiger partial charge in [-0.25, -0.2) is 0 Å². The van der Waals surface area contributed by atoms with E-state index in [1.807, 2.05) is 0 Å². The van der Waals surface area contributed by atoms with Crippen molar-refractivity contribution in [3.05, 3.63) is 10.4 Å². The Kier molecular flexibility index (Phi) is 3.84. The third-order valence-electron chi connectivity index (χ3n) is 1.32. The van der Waals surface area contributed by atoms with E-state index in [-0.39, 0.29) is 28.7 Å². The average molecular weight is 236 g/mol. The quantitative estimate of drug-likeness (QED) is 0.790. The van der Waals surface area contributed by atoms with E-state index in [1.165, 1.54) is 7.05 Å². The summed E-state index contributed by atoms with van der Waals surface area (Å²) in [5.41, 5.74) is 0. The van der Waals surface area contributed by atoms with Crippen molar-refractivity contribution in [3.8, 4) is 0 Å². The van der Waals surface area contributed by atoms with Crippen LogP contribution in [0.15, 0.2) is 0 Å². The van der Waals surface area contributed by atoms with E-state index >= 15 is 0 Å². The first-order chi connectivity index (χ1) is 6.63. The molecule has 1 rings (SSSR count). The molecule has 8 heteroatoms. The zero-order valence-corrected chi connectivity index (χ0v) is 8.72. The van der Waals surface area contributed by atoms with E-state index in [2.05, 4.69) is 25.8 Å². The van der Waals surface area contributed by atoms with Crippen LogP contribution >= 0.6 is 23.2 Å². The minimum atomic E-state index is -0.198. The van der Waals surface area contributed by atoms with Gasteiger partial charge in [-0.1, -0.05) is 11.6 Å². The molecule has 0 saturated carbocycles. The molecule has 0 unspecified atom stereocenters. The van der Waals surface area contributed by atoms with E-state index in [9.17, 15) is 4.79 Å². The second-order valence-electron chi connectivity index (χ2n) is 2.25. The van der Waals surface area contributed by atoms with Crippen molar-refractivity contribution < 1.29 is 4.79 Å². The number of hydrogen-bond acceptors (Lipinski definition) is 5. The Hall–Kier alpha value is -1.14. The van der Waals surface area contributed by atoms with Crippen LogP contribution in [-0.4, -0.2) is 34.7 Å². The Bertz CT molecular complexity index is 345. The summed E-state index contributed by atoms with van der Waals surface area (Å²) in [7, 11) is 1.52. The predicted molar refractivity (Wildman–Crippen MR) is 52.4 cm³/mol. The molecule has 1 aromatic heterocycles. The Morgan fingerprint density at radius 1 is 1.43 bits per heavy atom. The number of halogens is 2. The van der Waals surface area contributed by atoms with Crippen LogP contribution in [0.4, 0.5) is 5.82 Å². The fourth-order valence-electron chi connectivity index (χ4n) is 0.658. The topological polar surface area (TPSA) is 79.8 Å². The Labute approximate surface area is 90.0 Å². The molecule has 0 spiro atoms. The highest BCUT2D eigenvalue weighted by atomic mass is 35.5. The highest BCUT2D eigenvalue weighted by Crippen LogP contribution is 2.15. The van der Waals surface area contributed by atoms with Crippen molar-refractivity contribution >= 4 is 34.9 Å². The lowest BCUT2D eigenvalue weighted by molar-refractivity contribution is -0.118. The number of nitrogens with one attached hydrogen (secondary N) is 2. The molecular formula is C6H7Cl2N5O. The molecule has 14 heavy (non-hydrogen) atoms. The molecule has 0 radical (unpaired) electrons. The molecule has 0 bridgehead atoms. The Morgan fingerprint density at radius 2 is 2.14 bits per heavy atom. The zero-order valence-electron chi connectivity index (χ0n) is 7.21. The van der Waals surface area contributed by atoms with E-state index in [0.29, 0.717) is 0 Å². The first-order valence-electron chi connectivity index (χ1n) is 3.63. The second kappa shape index (κ2) is 4.92. The number of carbonyl (C=O) groups is 1.